The van der Waals surface area contributed by atoms with Gasteiger partial charge in [0.05, 0.1) is 12.2 Å². The second-order valence-corrected chi connectivity index (χ2v) is 13.5. The average molecular weight is 329 g/mol. The van der Waals surface area contributed by atoms with Gasteiger partial charge in [0.15, 0.2) is 14.6 Å². The molecule has 2 rings (SSSR count). The number of ether oxygens (including phenoxy) is 2. The van der Waals surface area contributed by atoms with E-state index in [-0.39, 0.29) is 11.9 Å². The van der Waals surface area contributed by atoms with Crippen LogP contribution in [0.3, 0.4) is 0 Å². The second kappa shape index (κ2) is 6.92. The van der Waals surface area contributed by atoms with Crippen molar-refractivity contribution in [3.8, 4) is 0 Å². The highest BCUT2D eigenvalue weighted by molar-refractivity contribution is 6.74. The Labute approximate surface area is 138 Å². The van der Waals surface area contributed by atoms with E-state index in [2.05, 4.69) is 40.8 Å². The topological polar surface area (TPSA) is 27.7 Å². The van der Waals surface area contributed by atoms with Crippen molar-refractivity contribution < 1.29 is 13.9 Å². The first-order valence-electron chi connectivity index (χ1n) is 9.15. The lowest BCUT2D eigenvalue weighted by Gasteiger charge is -2.47. The van der Waals surface area contributed by atoms with Crippen molar-refractivity contribution in [2.24, 2.45) is 0 Å². The lowest BCUT2D eigenvalue weighted by Crippen LogP contribution is -2.50. The minimum absolute atomic E-state index is 0.0246. The van der Waals surface area contributed by atoms with E-state index >= 15 is 0 Å². The van der Waals surface area contributed by atoms with Gasteiger partial charge in [0.2, 0.25) is 0 Å². The zero-order chi connectivity index (χ0) is 16.4. The molecule has 0 amide bonds. The van der Waals surface area contributed by atoms with E-state index in [0.717, 1.165) is 51.6 Å². The Hall–Kier alpha value is 0.0969. The summed E-state index contributed by atoms with van der Waals surface area (Å²) in [4.78, 5) is 0. The Bertz CT molecular complexity index is 352. The maximum absolute atomic E-state index is 6.60. The molecule has 0 radical (unpaired) electrons. The van der Waals surface area contributed by atoms with Crippen LogP contribution in [-0.2, 0) is 13.9 Å². The molecule has 0 aromatic heterocycles. The molecule has 1 heterocycles. The van der Waals surface area contributed by atoms with Crippen molar-refractivity contribution >= 4 is 8.32 Å². The highest BCUT2D eigenvalue weighted by Gasteiger charge is 2.44. The minimum Gasteiger partial charge on any atom is -0.414 e. The van der Waals surface area contributed by atoms with E-state index in [1.54, 1.807) is 0 Å². The molecular formula is C18H36O3Si. The molecule has 1 atom stereocenters. The van der Waals surface area contributed by atoms with E-state index in [9.17, 15) is 0 Å². The summed E-state index contributed by atoms with van der Waals surface area (Å²) >= 11 is 0. The predicted molar refractivity (Wildman–Crippen MR) is 93.6 cm³/mol. The standard InChI is InChI=1S/C18H36O3Si/c1-7-8-16-19-14-13-18(20-16)11-9-15(10-12-18)21-22(5,6)17(2,3)4/h15-16H,7-14H2,1-6H3. The molecule has 0 aromatic rings. The third-order valence-corrected chi connectivity index (χ3v) is 10.4. The lowest BCUT2D eigenvalue weighted by molar-refractivity contribution is -0.269. The molecule has 2 fully saturated rings. The summed E-state index contributed by atoms with van der Waals surface area (Å²) in [5.74, 6) is 0. The van der Waals surface area contributed by atoms with Crippen LogP contribution in [0.4, 0.5) is 0 Å². The number of hydrogen-bond acceptors (Lipinski definition) is 3. The molecule has 4 heteroatoms. The number of hydrogen-bond donors (Lipinski definition) is 0. The van der Waals surface area contributed by atoms with Crippen LogP contribution in [-0.4, -0.2) is 32.9 Å². The van der Waals surface area contributed by atoms with Gasteiger partial charge >= 0.3 is 0 Å². The number of rotatable bonds is 4. The largest absolute Gasteiger partial charge is 0.414 e. The molecule has 1 aliphatic heterocycles. The van der Waals surface area contributed by atoms with E-state index in [0.29, 0.717) is 11.1 Å². The average Bonchev–Trinajstić information content (AvgIpc) is 2.41. The van der Waals surface area contributed by atoms with Crippen LogP contribution < -0.4 is 0 Å². The Morgan fingerprint density at radius 2 is 1.77 bits per heavy atom. The van der Waals surface area contributed by atoms with E-state index in [1.807, 2.05) is 0 Å². The van der Waals surface area contributed by atoms with Gasteiger partial charge in [-0.2, -0.15) is 0 Å². The van der Waals surface area contributed by atoms with Gasteiger partial charge in [-0.25, -0.2) is 0 Å². The molecule has 1 saturated heterocycles. The normalized spacial score (nSPS) is 34.1. The summed E-state index contributed by atoms with van der Waals surface area (Å²) in [5.41, 5.74) is 0.0748. The predicted octanol–water partition coefficient (Wildman–Crippen LogP) is 5.25. The summed E-state index contributed by atoms with van der Waals surface area (Å²) in [6.45, 7) is 14.7. The molecule has 3 nitrogen and oxygen atoms in total. The third kappa shape index (κ3) is 4.34. The van der Waals surface area contributed by atoms with Crippen molar-refractivity contribution in [3.63, 3.8) is 0 Å². The van der Waals surface area contributed by atoms with Gasteiger partial charge in [-0.1, -0.05) is 34.1 Å². The van der Waals surface area contributed by atoms with Gasteiger partial charge in [-0.05, 0) is 56.7 Å². The fourth-order valence-electron chi connectivity index (χ4n) is 3.32. The summed E-state index contributed by atoms with van der Waals surface area (Å²) in [5, 5.41) is 0.295. The summed E-state index contributed by atoms with van der Waals surface area (Å²) in [6, 6.07) is 0. The van der Waals surface area contributed by atoms with Crippen molar-refractivity contribution in [1.82, 2.24) is 0 Å². The smallest absolute Gasteiger partial charge is 0.192 e. The van der Waals surface area contributed by atoms with Crippen LogP contribution in [0.2, 0.25) is 18.1 Å². The maximum atomic E-state index is 6.60. The van der Waals surface area contributed by atoms with Crippen molar-refractivity contribution in [3.05, 3.63) is 0 Å². The highest BCUT2D eigenvalue weighted by Crippen LogP contribution is 2.43. The van der Waals surface area contributed by atoms with E-state index in [4.69, 9.17) is 13.9 Å². The summed E-state index contributed by atoms with van der Waals surface area (Å²) < 4.78 is 18.7. The van der Waals surface area contributed by atoms with Crippen LogP contribution in [0.5, 0.6) is 0 Å². The van der Waals surface area contributed by atoms with Gasteiger partial charge in [-0.3, -0.25) is 0 Å². The molecule has 0 N–H and O–H groups in total. The van der Waals surface area contributed by atoms with Crippen LogP contribution in [0.15, 0.2) is 0 Å². The van der Waals surface area contributed by atoms with Crippen LogP contribution in [0.1, 0.15) is 72.6 Å². The SMILES string of the molecule is CCCC1OCCC2(CCC(O[Si](C)(C)C(C)(C)C)CC2)O1. The Morgan fingerprint density at radius 3 is 2.32 bits per heavy atom. The fourth-order valence-corrected chi connectivity index (χ4v) is 4.75. The maximum Gasteiger partial charge on any atom is 0.192 e. The molecule has 1 saturated carbocycles. The third-order valence-electron chi connectivity index (χ3n) is 5.88. The molecule has 1 unspecified atom stereocenters. The van der Waals surface area contributed by atoms with Crippen LogP contribution in [0.25, 0.3) is 0 Å². The molecule has 130 valence electrons. The molecular weight excluding hydrogens is 292 g/mol. The van der Waals surface area contributed by atoms with Crippen molar-refractivity contribution in [2.75, 3.05) is 6.61 Å². The van der Waals surface area contributed by atoms with E-state index in [1.165, 1.54) is 0 Å². The van der Waals surface area contributed by atoms with Crippen LogP contribution in [0, 0.1) is 0 Å². The summed E-state index contributed by atoms with van der Waals surface area (Å²) in [7, 11) is -1.65. The van der Waals surface area contributed by atoms with Gasteiger partial charge in [-0.15, -0.1) is 0 Å². The van der Waals surface area contributed by atoms with Crippen molar-refractivity contribution in [2.45, 2.75) is 109 Å². The van der Waals surface area contributed by atoms with Gasteiger partial charge in [0, 0.05) is 6.10 Å². The molecule has 2 aliphatic rings. The first kappa shape index (κ1) is 18.4. The van der Waals surface area contributed by atoms with Gasteiger partial charge in [0.25, 0.3) is 0 Å². The summed E-state index contributed by atoms with van der Waals surface area (Å²) in [6.07, 6.45) is 8.21. The van der Waals surface area contributed by atoms with Gasteiger partial charge in [0.1, 0.15) is 0 Å². The lowest BCUT2D eigenvalue weighted by atomic mass is 9.80. The Balaban J connectivity index is 1.87. The Morgan fingerprint density at radius 1 is 1.14 bits per heavy atom. The molecule has 22 heavy (non-hydrogen) atoms. The van der Waals surface area contributed by atoms with Gasteiger partial charge < -0.3 is 13.9 Å². The quantitative estimate of drug-likeness (QED) is 0.659. The van der Waals surface area contributed by atoms with Crippen LogP contribution >= 0.6 is 0 Å². The van der Waals surface area contributed by atoms with E-state index < -0.39 is 8.32 Å². The first-order valence-corrected chi connectivity index (χ1v) is 12.1. The molecule has 1 spiro atoms. The Kier molecular flexibility index (Phi) is 5.80. The zero-order valence-corrected chi connectivity index (χ0v) is 16.5. The zero-order valence-electron chi connectivity index (χ0n) is 15.5. The second-order valence-electron chi connectivity index (χ2n) is 8.72. The molecule has 0 bridgehead atoms. The minimum atomic E-state index is -1.65. The highest BCUT2D eigenvalue weighted by atomic mass is 28.4. The fraction of sp³-hybridized carbons (Fsp3) is 1.00. The first-order chi connectivity index (χ1) is 10.2. The molecule has 0 aromatic carbocycles. The monoisotopic (exact) mass is 328 g/mol. The van der Waals surface area contributed by atoms with Crippen molar-refractivity contribution in [1.29, 1.82) is 0 Å². The molecule has 1 aliphatic carbocycles.